The Hall–Kier alpha value is -1.99. The largest absolute Gasteiger partial charge is 0.449 e. The summed E-state index contributed by atoms with van der Waals surface area (Å²) in [5.41, 5.74) is 1.06. The molecule has 2 fully saturated rings. The van der Waals surface area contributed by atoms with Gasteiger partial charge in [0.2, 0.25) is 0 Å². The molecule has 3 heterocycles. The van der Waals surface area contributed by atoms with Gasteiger partial charge in [0.1, 0.15) is 11.6 Å². The van der Waals surface area contributed by atoms with E-state index in [-0.39, 0.29) is 6.54 Å². The maximum atomic E-state index is 13.6. The summed E-state index contributed by atoms with van der Waals surface area (Å²) < 4.78 is 33.9. The summed E-state index contributed by atoms with van der Waals surface area (Å²) in [5, 5.41) is 3.69. The average Bonchev–Trinajstić information content (AvgIpc) is 3.19. The van der Waals surface area contributed by atoms with Gasteiger partial charge in [0, 0.05) is 43.0 Å². The normalized spacial score (nSPS) is 25.0. The third-order valence-corrected chi connectivity index (χ3v) is 7.34. The van der Waals surface area contributed by atoms with Gasteiger partial charge in [0.15, 0.2) is 0 Å². The van der Waals surface area contributed by atoms with Crippen LogP contribution in [0.15, 0.2) is 35.0 Å². The minimum absolute atomic E-state index is 0.0596. The molecule has 0 aliphatic carbocycles. The first kappa shape index (κ1) is 20.3. The van der Waals surface area contributed by atoms with E-state index in [0.717, 1.165) is 23.4 Å². The summed E-state index contributed by atoms with van der Waals surface area (Å²) in [5.74, 6) is -0.937. The molecule has 1 amide bonds. The number of thiophene rings is 1. The number of halogens is 2. The zero-order valence-electron chi connectivity index (χ0n) is 16.8. The van der Waals surface area contributed by atoms with Crippen LogP contribution in [-0.2, 0) is 11.3 Å². The van der Waals surface area contributed by atoms with E-state index in [1.165, 1.54) is 41.2 Å². The number of amides is 1. The highest BCUT2D eigenvalue weighted by atomic mass is 32.1. The van der Waals surface area contributed by atoms with Crippen LogP contribution in [0, 0.1) is 17.6 Å². The van der Waals surface area contributed by atoms with Crippen LogP contribution in [0.3, 0.4) is 0 Å². The van der Waals surface area contributed by atoms with Crippen LogP contribution in [0.1, 0.15) is 31.2 Å². The number of hydrogen-bond donors (Lipinski definition) is 0. The molecule has 0 spiro atoms. The van der Waals surface area contributed by atoms with E-state index in [9.17, 15) is 13.6 Å². The van der Waals surface area contributed by atoms with Crippen molar-refractivity contribution in [3.63, 3.8) is 0 Å². The second-order valence-electron chi connectivity index (χ2n) is 8.77. The van der Waals surface area contributed by atoms with E-state index in [1.54, 1.807) is 0 Å². The summed E-state index contributed by atoms with van der Waals surface area (Å²) >= 11 is 1.46. The number of piperidine rings is 1. The fourth-order valence-corrected chi connectivity index (χ4v) is 5.60. The standard InChI is InChI=1S/C22H27F2N2O2S/c1-26(2)20-3-4-21(26)10-16(9-20)13-28-22(27)25(19-5-6-29-14-19)12-15-7-17(23)11-18(24)8-15/h5-8,11,14,16,20-21H,3-4,9-10,12-13H2,1-2H3/q+1. The van der Waals surface area contributed by atoms with Crippen molar-refractivity contribution in [1.29, 1.82) is 0 Å². The molecule has 4 rings (SSSR count). The van der Waals surface area contributed by atoms with Crippen LogP contribution in [0.25, 0.3) is 0 Å². The highest BCUT2D eigenvalue weighted by Crippen LogP contribution is 2.42. The van der Waals surface area contributed by atoms with Gasteiger partial charge in [-0.3, -0.25) is 4.90 Å². The van der Waals surface area contributed by atoms with E-state index in [2.05, 4.69) is 14.1 Å². The van der Waals surface area contributed by atoms with E-state index in [4.69, 9.17) is 4.74 Å². The number of quaternary nitrogens is 1. The van der Waals surface area contributed by atoms with Gasteiger partial charge in [0.05, 0.1) is 45.0 Å². The Kier molecular flexibility index (Phi) is 5.62. The fraction of sp³-hybridized carbons (Fsp3) is 0.500. The first-order valence-electron chi connectivity index (χ1n) is 10.1. The number of carbonyl (C=O) groups is 1. The van der Waals surface area contributed by atoms with Crippen molar-refractivity contribution >= 4 is 23.1 Å². The molecule has 0 saturated carbocycles. The van der Waals surface area contributed by atoms with Crippen LogP contribution < -0.4 is 4.90 Å². The van der Waals surface area contributed by atoms with Crippen molar-refractivity contribution in [1.82, 2.24) is 0 Å². The van der Waals surface area contributed by atoms with Gasteiger partial charge in [-0.15, -0.1) is 0 Å². The summed E-state index contributed by atoms with van der Waals surface area (Å²) in [6, 6.07) is 6.40. The van der Waals surface area contributed by atoms with Crippen LogP contribution in [0.2, 0.25) is 0 Å². The van der Waals surface area contributed by atoms with Gasteiger partial charge in [-0.1, -0.05) is 0 Å². The maximum Gasteiger partial charge on any atom is 0.414 e. The quantitative estimate of drug-likeness (QED) is 0.622. The summed E-state index contributed by atoms with van der Waals surface area (Å²) in [6.45, 7) is 0.452. The van der Waals surface area contributed by atoms with E-state index in [0.29, 0.717) is 35.9 Å². The molecule has 2 unspecified atom stereocenters. The molecule has 2 aliphatic heterocycles. The summed E-state index contributed by atoms with van der Waals surface area (Å²) in [7, 11) is 4.61. The Morgan fingerprint density at radius 1 is 1.17 bits per heavy atom. The Labute approximate surface area is 174 Å². The predicted molar refractivity (Wildman–Crippen MR) is 110 cm³/mol. The van der Waals surface area contributed by atoms with Crippen LogP contribution in [0.4, 0.5) is 19.3 Å². The topological polar surface area (TPSA) is 29.5 Å². The molecule has 2 bridgehead atoms. The van der Waals surface area contributed by atoms with Crippen molar-refractivity contribution in [2.45, 2.75) is 44.3 Å². The summed E-state index contributed by atoms with van der Waals surface area (Å²) in [4.78, 5) is 14.3. The van der Waals surface area contributed by atoms with Crippen molar-refractivity contribution < 1.29 is 22.8 Å². The number of carbonyl (C=O) groups excluding carboxylic acids is 1. The average molecular weight is 422 g/mol. The molecule has 1 aromatic carbocycles. The molecule has 4 nitrogen and oxygen atoms in total. The number of benzene rings is 1. The predicted octanol–water partition coefficient (Wildman–Crippen LogP) is 5.19. The van der Waals surface area contributed by atoms with Gasteiger partial charge in [0.25, 0.3) is 0 Å². The SMILES string of the molecule is C[N+]1(C)C2CCC1CC(COC(=O)N(Cc1cc(F)cc(F)c1)c1ccsc1)C2. The molecular weight excluding hydrogens is 394 g/mol. The molecule has 2 atom stereocenters. The highest BCUT2D eigenvalue weighted by molar-refractivity contribution is 7.08. The highest BCUT2D eigenvalue weighted by Gasteiger charge is 2.49. The van der Waals surface area contributed by atoms with Crippen molar-refractivity contribution in [3.8, 4) is 0 Å². The monoisotopic (exact) mass is 421 g/mol. The third-order valence-electron chi connectivity index (χ3n) is 6.67. The van der Waals surface area contributed by atoms with Crippen molar-refractivity contribution in [3.05, 3.63) is 52.2 Å². The number of nitrogens with zero attached hydrogens (tertiary/aromatic N) is 2. The first-order valence-corrected chi connectivity index (χ1v) is 11.0. The Morgan fingerprint density at radius 2 is 1.83 bits per heavy atom. The minimum Gasteiger partial charge on any atom is -0.449 e. The second-order valence-corrected chi connectivity index (χ2v) is 9.55. The second kappa shape index (κ2) is 8.03. The zero-order valence-corrected chi connectivity index (χ0v) is 17.6. The number of fused-ring (bicyclic) bond motifs is 2. The Morgan fingerprint density at radius 3 is 2.41 bits per heavy atom. The lowest BCUT2D eigenvalue weighted by atomic mass is 9.90. The molecule has 2 aliphatic rings. The summed E-state index contributed by atoms with van der Waals surface area (Å²) in [6.07, 6.45) is 4.16. The number of hydrogen-bond acceptors (Lipinski definition) is 3. The maximum absolute atomic E-state index is 13.6. The first-order chi connectivity index (χ1) is 13.8. The molecular formula is C22H27F2N2O2S+. The molecule has 29 heavy (non-hydrogen) atoms. The Bertz CT molecular complexity index is 835. The molecule has 7 heteroatoms. The van der Waals surface area contributed by atoms with Crippen molar-refractivity contribution in [2.75, 3.05) is 25.6 Å². The van der Waals surface area contributed by atoms with Crippen LogP contribution in [0.5, 0.6) is 0 Å². The van der Waals surface area contributed by atoms with E-state index >= 15 is 0 Å². The van der Waals surface area contributed by atoms with Gasteiger partial charge >= 0.3 is 6.09 Å². The van der Waals surface area contributed by atoms with E-state index < -0.39 is 17.7 Å². The van der Waals surface area contributed by atoms with Gasteiger partial charge < -0.3 is 9.22 Å². The molecule has 2 aromatic rings. The molecule has 156 valence electrons. The lowest BCUT2D eigenvalue weighted by Crippen LogP contribution is -2.55. The minimum atomic E-state index is -0.656. The lowest BCUT2D eigenvalue weighted by Gasteiger charge is -2.44. The molecule has 2 saturated heterocycles. The van der Waals surface area contributed by atoms with Crippen LogP contribution >= 0.6 is 11.3 Å². The fourth-order valence-electron chi connectivity index (χ4n) is 4.95. The number of rotatable bonds is 5. The van der Waals surface area contributed by atoms with Gasteiger partial charge in [-0.2, -0.15) is 11.3 Å². The van der Waals surface area contributed by atoms with Gasteiger partial charge in [-0.25, -0.2) is 13.6 Å². The molecule has 0 radical (unpaired) electrons. The van der Waals surface area contributed by atoms with Crippen molar-refractivity contribution in [2.24, 2.45) is 5.92 Å². The van der Waals surface area contributed by atoms with E-state index in [1.807, 2.05) is 16.8 Å². The Balaban J connectivity index is 1.42. The van der Waals surface area contributed by atoms with Gasteiger partial charge in [-0.05, 0) is 29.1 Å². The third kappa shape index (κ3) is 4.31. The number of ether oxygens (including phenoxy) is 1. The number of anilines is 1. The zero-order chi connectivity index (χ0) is 20.6. The lowest BCUT2D eigenvalue weighted by molar-refractivity contribution is -0.931. The smallest absolute Gasteiger partial charge is 0.414 e. The van der Waals surface area contributed by atoms with Crippen LogP contribution in [-0.4, -0.2) is 43.4 Å². The molecule has 1 aromatic heterocycles. The molecule has 0 N–H and O–H groups in total.